The molecule has 14 aromatic carbocycles. The molecule has 0 saturated heterocycles. The normalized spacial score (nSPS) is 12.2. The van der Waals surface area contributed by atoms with Crippen LogP contribution in [0.1, 0.15) is 18.6 Å². The minimum Gasteiger partial charge on any atom is -0.0776 e. The zero-order valence-corrected chi connectivity index (χ0v) is 34.5. The lowest BCUT2D eigenvalue weighted by Gasteiger charge is -2.21. The lowest BCUT2D eigenvalue weighted by Crippen LogP contribution is -1.93. The van der Waals surface area contributed by atoms with E-state index in [0.717, 1.165) is 0 Å². The number of hydrogen-bond acceptors (Lipinski definition) is 0. The van der Waals surface area contributed by atoms with Gasteiger partial charge in [0, 0.05) is 0 Å². The molecule has 0 bridgehead atoms. The molecule has 0 nitrogen and oxygen atoms in total. The molecule has 0 saturated carbocycles. The molecule has 0 amide bonds. The van der Waals surface area contributed by atoms with Crippen molar-refractivity contribution < 1.29 is 0 Å². The van der Waals surface area contributed by atoms with E-state index in [0.29, 0.717) is 0 Å². The highest BCUT2D eigenvalue weighted by Gasteiger charge is 2.29. The van der Waals surface area contributed by atoms with Crippen LogP contribution in [0.2, 0.25) is 0 Å². The second kappa shape index (κ2) is 13.1. The van der Waals surface area contributed by atoms with E-state index in [2.05, 4.69) is 208 Å². The van der Waals surface area contributed by atoms with Crippen LogP contribution in [0.3, 0.4) is 0 Å². The Bertz CT molecular complexity index is 4190. The molecule has 14 aromatic rings. The summed E-state index contributed by atoms with van der Waals surface area (Å²) in [4.78, 5) is 0. The van der Waals surface area contributed by atoms with Gasteiger partial charge in [-0.25, -0.2) is 0 Å². The molecule has 14 rings (SSSR count). The Morgan fingerprint density at radius 1 is 0.238 bits per heavy atom. The molecule has 0 N–H and O–H groups in total. The molecule has 63 heavy (non-hydrogen) atoms. The molecule has 0 aliphatic heterocycles. The molecule has 0 aliphatic carbocycles. The Hall–Kier alpha value is -7.80. The molecule has 0 spiro atoms. The van der Waals surface area contributed by atoms with Crippen LogP contribution >= 0.6 is 0 Å². The molecule has 0 radical (unpaired) electrons. The summed E-state index contributed by atoms with van der Waals surface area (Å²) in [5.41, 5.74) is 10.3. The zero-order chi connectivity index (χ0) is 40.8. The van der Waals surface area contributed by atoms with Gasteiger partial charge in [-0.15, -0.1) is 0 Å². The minimum absolute atomic E-state index is 0. The third kappa shape index (κ3) is 4.76. The standard InChI is InChI=1S/C62H38.CH4/c1-35-15-11-16-36(2)55(35)40-32-50-43-24-8-5-19-39(43)31-52-57(50)53(33-40)61-58(46-27-12-20-37-17-3-6-22-41(37)46)54-34-51-45-26-10-9-25-44(45)48-29-14-30-49(56(48)51)59(54)60(62(52)61)47-28-13-21-38-18-4-7-23-42(38)47;/h3-34H,1-2H3;1H4. The third-order valence-corrected chi connectivity index (χ3v) is 14.3. The summed E-state index contributed by atoms with van der Waals surface area (Å²) in [6.07, 6.45) is 0. The number of hydrogen-bond donors (Lipinski definition) is 0. The lowest BCUT2D eigenvalue weighted by molar-refractivity contribution is 1.38. The lowest BCUT2D eigenvalue weighted by atomic mass is 9.82. The fourth-order valence-corrected chi connectivity index (χ4v) is 11.9. The molecular formula is C63H42. The maximum absolute atomic E-state index is 2.57. The van der Waals surface area contributed by atoms with Crippen molar-refractivity contribution in [3.8, 4) is 33.4 Å². The first-order valence-electron chi connectivity index (χ1n) is 21.8. The van der Waals surface area contributed by atoms with E-state index in [1.165, 1.54) is 152 Å². The first kappa shape index (κ1) is 35.9. The van der Waals surface area contributed by atoms with Gasteiger partial charge in [-0.2, -0.15) is 0 Å². The van der Waals surface area contributed by atoms with Crippen LogP contribution in [-0.4, -0.2) is 0 Å². The average molecular weight is 799 g/mol. The highest BCUT2D eigenvalue weighted by molar-refractivity contribution is 6.47. The summed E-state index contributed by atoms with van der Waals surface area (Å²) >= 11 is 0. The van der Waals surface area contributed by atoms with E-state index in [1.54, 1.807) is 0 Å². The van der Waals surface area contributed by atoms with E-state index >= 15 is 0 Å². The number of rotatable bonds is 3. The molecule has 0 heteroatoms. The maximum atomic E-state index is 2.57. The van der Waals surface area contributed by atoms with Crippen LogP contribution < -0.4 is 0 Å². The van der Waals surface area contributed by atoms with Crippen molar-refractivity contribution in [2.45, 2.75) is 21.3 Å². The van der Waals surface area contributed by atoms with Gasteiger partial charge in [0.1, 0.15) is 0 Å². The number of aryl methyl sites for hydroxylation is 2. The quantitative estimate of drug-likeness (QED) is 0.156. The Labute approximate surface area is 365 Å². The summed E-state index contributed by atoms with van der Waals surface area (Å²) in [5, 5.41) is 26.1. The van der Waals surface area contributed by atoms with Gasteiger partial charge in [-0.1, -0.05) is 177 Å². The molecular weight excluding hydrogens is 757 g/mol. The fourth-order valence-electron chi connectivity index (χ4n) is 11.9. The Kier molecular flexibility index (Phi) is 7.47. The smallest absolute Gasteiger partial charge is 0.000674 e. The van der Waals surface area contributed by atoms with Gasteiger partial charge in [-0.3, -0.25) is 0 Å². The van der Waals surface area contributed by atoms with E-state index in [4.69, 9.17) is 0 Å². The van der Waals surface area contributed by atoms with Gasteiger partial charge in [0.15, 0.2) is 0 Å². The molecule has 0 unspecified atom stereocenters. The van der Waals surface area contributed by atoms with E-state index in [1.807, 2.05) is 0 Å². The third-order valence-electron chi connectivity index (χ3n) is 14.3. The van der Waals surface area contributed by atoms with E-state index < -0.39 is 0 Å². The van der Waals surface area contributed by atoms with Crippen LogP contribution in [0.4, 0.5) is 0 Å². The minimum atomic E-state index is 0. The number of benzene rings is 12. The average Bonchev–Trinajstić information content (AvgIpc) is 3.81. The Morgan fingerprint density at radius 3 is 1.38 bits per heavy atom. The maximum Gasteiger partial charge on any atom is -0.000674 e. The number of fused-ring (bicyclic) bond motifs is 12. The van der Waals surface area contributed by atoms with Crippen LogP contribution in [0.5, 0.6) is 0 Å². The monoisotopic (exact) mass is 798 g/mol. The topological polar surface area (TPSA) is 0 Å². The Balaban J connectivity index is 0.00000402. The van der Waals surface area contributed by atoms with Gasteiger partial charge >= 0.3 is 0 Å². The second-order valence-electron chi connectivity index (χ2n) is 17.5. The van der Waals surface area contributed by atoms with Crippen LogP contribution in [0.25, 0.3) is 141 Å². The van der Waals surface area contributed by atoms with Gasteiger partial charge < -0.3 is 0 Å². The molecule has 0 aromatic heterocycles. The van der Waals surface area contributed by atoms with Crippen molar-refractivity contribution in [3.05, 3.63) is 205 Å². The van der Waals surface area contributed by atoms with Gasteiger partial charge in [0.25, 0.3) is 0 Å². The van der Waals surface area contributed by atoms with E-state index in [9.17, 15) is 0 Å². The first-order valence-corrected chi connectivity index (χ1v) is 21.8. The van der Waals surface area contributed by atoms with Crippen LogP contribution in [0, 0.1) is 13.8 Å². The summed E-state index contributed by atoms with van der Waals surface area (Å²) in [7, 11) is 0. The zero-order valence-electron chi connectivity index (χ0n) is 34.5. The van der Waals surface area contributed by atoms with Crippen molar-refractivity contribution in [1.82, 2.24) is 0 Å². The van der Waals surface area contributed by atoms with Gasteiger partial charge in [0.05, 0.1) is 0 Å². The second-order valence-corrected chi connectivity index (χ2v) is 17.5. The van der Waals surface area contributed by atoms with Crippen molar-refractivity contribution in [3.63, 3.8) is 0 Å². The summed E-state index contributed by atoms with van der Waals surface area (Å²) < 4.78 is 0. The van der Waals surface area contributed by atoms with E-state index in [-0.39, 0.29) is 7.43 Å². The van der Waals surface area contributed by atoms with Crippen molar-refractivity contribution in [2.75, 3.05) is 0 Å². The molecule has 0 heterocycles. The summed E-state index contributed by atoms with van der Waals surface area (Å²) in [5.74, 6) is 0. The SMILES string of the molecule is C.Cc1cccc(C)c1-c1cc2c3ccccc3cc3c4c(-c5cccc6ccccc56)c5c(cc6c7ccccc7c7cccc5c76)c(-c5cccc6ccccc56)c4c(c1)c23. The molecule has 294 valence electrons. The van der Waals surface area contributed by atoms with Crippen LogP contribution in [0.15, 0.2) is 194 Å². The Morgan fingerprint density at radius 2 is 0.683 bits per heavy atom. The van der Waals surface area contributed by atoms with Crippen molar-refractivity contribution in [1.29, 1.82) is 0 Å². The summed E-state index contributed by atoms with van der Waals surface area (Å²) in [6.45, 7) is 4.53. The highest BCUT2D eigenvalue weighted by atomic mass is 14.3. The fraction of sp³-hybridized carbons (Fsp3) is 0.0476. The largest absolute Gasteiger partial charge is 0.0776 e. The van der Waals surface area contributed by atoms with Gasteiger partial charge in [-0.05, 0) is 190 Å². The summed E-state index contributed by atoms with van der Waals surface area (Å²) in [6, 6.07) is 73.7. The molecule has 0 aliphatic rings. The predicted molar refractivity (Wildman–Crippen MR) is 276 cm³/mol. The van der Waals surface area contributed by atoms with Gasteiger partial charge in [0.2, 0.25) is 0 Å². The first-order chi connectivity index (χ1) is 30.6. The predicted octanol–water partition coefficient (Wildman–Crippen LogP) is 18.3. The van der Waals surface area contributed by atoms with Crippen molar-refractivity contribution >= 4 is 108 Å². The molecule has 0 fully saturated rings. The highest BCUT2D eigenvalue weighted by Crippen LogP contribution is 2.57. The van der Waals surface area contributed by atoms with Crippen LogP contribution in [-0.2, 0) is 0 Å². The van der Waals surface area contributed by atoms with Crippen molar-refractivity contribution in [2.24, 2.45) is 0 Å². The molecule has 0 atom stereocenters.